The van der Waals surface area contributed by atoms with Gasteiger partial charge in [0.1, 0.15) is 5.75 Å². The molecule has 0 aliphatic carbocycles. The Labute approximate surface area is 116 Å². The van der Waals surface area contributed by atoms with Gasteiger partial charge in [0, 0.05) is 12.0 Å². The lowest BCUT2D eigenvalue weighted by Gasteiger charge is -2.33. The standard InChI is InChI=1S/C14H16O6/c1-14(13(16)19-4)11(15)7-8-9(17-2)5-6-10(18-3)12(8)20-14/h5-6H,7H2,1-4H3. The summed E-state index contributed by atoms with van der Waals surface area (Å²) in [4.78, 5) is 24.0. The van der Waals surface area contributed by atoms with Crippen LogP contribution in [0.1, 0.15) is 12.5 Å². The number of fused-ring (bicyclic) bond motifs is 1. The highest BCUT2D eigenvalue weighted by Gasteiger charge is 2.49. The Hall–Kier alpha value is -2.24. The largest absolute Gasteiger partial charge is 0.496 e. The molecule has 2 rings (SSSR count). The zero-order valence-electron chi connectivity index (χ0n) is 11.8. The molecule has 0 aromatic heterocycles. The van der Waals surface area contributed by atoms with Crippen LogP contribution < -0.4 is 14.2 Å². The molecule has 6 heteroatoms. The van der Waals surface area contributed by atoms with Crippen molar-refractivity contribution in [3.63, 3.8) is 0 Å². The Morgan fingerprint density at radius 3 is 2.35 bits per heavy atom. The number of hydrogen-bond acceptors (Lipinski definition) is 6. The summed E-state index contributed by atoms with van der Waals surface area (Å²) in [7, 11) is 4.20. The summed E-state index contributed by atoms with van der Waals surface area (Å²) in [5, 5.41) is 0. The van der Waals surface area contributed by atoms with Crippen LogP contribution in [0.2, 0.25) is 0 Å². The quantitative estimate of drug-likeness (QED) is 0.611. The molecule has 1 aromatic carbocycles. The fraction of sp³-hybridized carbons (Fsp3) is 0.429. The average molecular weight is 280 g/mol. The summed E-state index contributed by atoms with van der Waals surface area (Å²) >= 11 is 0. The van der Waals surface area contributed by atoms with E-state index >= 15 is 0 Å². The zero-order valence-corrected chi connectivity index (χ0v) is 11.8. The molecule has 1 aliphatic rings. The van der Waals surface area contributed by atoms with Crippen LogP contribution in [0.15, 0.2) is 12.1 Å². The van der Waals surface area contributed by atoms with Gasteiger partial charge in [-0.2, -0.15) is 0 Å². The zero-order chi connectivity index (χ0) is 14.9. The molecule has 0 saturated carbocycles. The molecule has 1 heterocycles. The molecule has 6 nitrogen and oxygen atoms in total. The van der Waals surface area contributed by atoms with Crippen molar-refractivity contribution >= 4 is 11.8 Å². The highest BCUT2D eigenvalue weighted by atomic mass is 16.6. The van der Waals surface area contributed by atoms with Crippen LogP contribution in [-0.2, 0) is 20.7 Å². The van der Waals surface area contributed by atoms with Gasteiger partial charge in [-0.3, -0.25) is 4.79 Å². The van der Waals surface area contributed by atoms with Gasteiger partial charge in [-0.05, 0) is 19.1 Å². The van der Waals surface area contributed by atoms with Gasteiger partial charge in [-0.1, -0.05) is 0 Å². The van der Waals surface area contributed by atoms with Gasteiger partial charge in [0.2, 0.25) is 0 Å². The minimum atomic E-state index is -1.67. The summed E-state index contributed by atoms with van der Waals surface area (Å²) in [5.41, 5.74) is -1.10. The first-order chi connectivity index (χ1) is 9.47. The summed E-state index contributed by atoms with van der Waals surface area (Å²) in [6.07, 6.45) is 0.0152. The lowest BCUT2D eigenvalue weighted by atomic mass is 9.90. The third-order valence-corrected chi connectivity index (χ3v) is 3.37. The Morgan fingerprint density at radius 1 is 1.20 bits per heavy atom. The van der Waals surface area contributed by atoms with Crippen LogP contribution in [0.25, 0.3) is 0 Å². The fourth-order valence-corrected chi connectivity index (χ4v) is 2.16. The number of ether oxygens (including phenoxy) is 4. The van der Waals surface area contributed by atoms with Crippen molar-refractivity contribution in [2.75, 3.05) is 21.3 Å². The van der Waals surface area contributed by atoms with E-state index in [1.807, 2.05) is 0 Å². The van der Waals surface area contributed by atoms with Gasteiger partial charge in [-0.25, -0.2) is 4.79 Å². The lowest BCUT2D eigenvalue weighted by molar-refractivity contribution is -0.164. The van der Waals surface area contributed by atoms with Gasteiger partial charge in [0.25, 0.3) is 5.60 Å². The maximum absolute atomic E-state index is 12.2. The van der Waals surface area contributed by atoms with E-state index in [-0.39, 0.29) is 12.2 Å². The molecule has 0 bridgehead atoms. The molecule has 1 aromatic rings. The van der Waals surface area contributed by atoms with Gasteiger partial charge < -0.3 is 18.9 Å². The van der Waals surface area contributed by atoms with Gasteiger partial charge in [0.15, 0.2) is 17.3 Å². The second-order valence-electron chi connectivity index (χ2n) is 4.50. The van der Waals surface area contributed by atoms with Crippen molar-refractivity contribution in [2.45, 2.75) is 18.9 Å². The summed E-state index contributed by atoms with van der Waals surface area (Å²) in [5.74, 6) is 0.158. The second-order valence-corrected chi connectivity index (χ2v) is 4.50. The number of rotatable bonds is 3. The molecule has 1 atom stereocenters. The molecule has 0 radical (unpaired) electrons. The van der Waals surface area contributed by atoms with Crippen LogP contribution in [0.3, 0.4) is 0 Å². The summed E-state index contributed by atoms with van der Waals surface area (Å²) < 4.78 is 20.7. The molecule has 108 valence electrons. The average Bonchev–Trinajstić information content (AvgIpc) is 2.46. The minimum absolute atomic E-state index is 0.0152. The molecule has 0 spiro atoms. The lowest BCUT2D eigenvalue weighted by Crippen LogP contribution is -2.52. The number of carbonyl (C=O) groups excluding carboxylic acids is 2. The van der Waals surface area contributed by atoms with Crippen molar-refractivity contribution < 1.29 is 28.5 Å². The van der Waals surface area contributed by atoms with Crippen LogP contribution in [0.5, 0.6) is 17.2 Å². The van der Waals surface area contributed by atoms with E-state index in [1.54, 1.807) is 12.1 Å². The molecular formula is C14H16O6. The van der Waals surface area contributed by atoms with Gasteiger partial charge >= 0.3 is 5.97 Å². The first kappa shape index (κ1) is 14.2. The second kappa shape index (κ2) is 5.03. The van der Waals surface area contributed by atoms with E-state index < -0.39 is 11.6 Å². The Kier molecular flexibility index (Phi) is 3.57. The first-order valence-electron chi connectivity index (χ1n) is 6.02. The van der Waals surface area contributed by atoms with E-state index in [9.17, 15) is 9.59 Å². The molecule has 20 heavy (non-hydrogen) atoms. The van der Waals surface area contributed by atoms with Gasteiger partial charge in [0.05, 0.1) is 21.3 Å². The normalized spacial score (nSPS) is 20.7. The van der Waals surface area contributed by atoms with Crippen molar-refractivity contribution in [1.82, 2.24) is 0 Å². The predicted molar refractivity (Wildman–Crippen MR) is 69.3 cm³/mol. The van der Waals surface area contributed by atoms with Crippen LogP contribution in [-0.4, -0.2) is 38.7 Å². The molecule has 0 saturated heterocycles. The SMILES string of the molecule is COC(=O)C1(C)Oc2c(OC)ccc(OC)c2CC1=O. The van der Waals surface area contributed by atoms with E-state index in [0.29, 0.717) is 22.8 Å². The van der Waals surface area contributed by atoms with E-state index in [4.69, 9.17) is 14.2 Å². The summed E-state index contributed by atoms with van der Waals surface area (Å²) in [6, 6.07) is 3.35. The molecule has 1 aliphatic heterocycles. The van der Waals surface area contributed by atoms with E-state index in [1.165, 1.54) is 28.3 Å². The van der Waals surface area contributed by atoms with Gasteiger partial charge in [-0.15, -0.1) is 0 Å². The number of esters is 1. The Bertz CT molecular complexity index is 565. The number of hydrogen-bond donors (Lipinski definition) is 0. The highest BCUT2D eigenvalue weighted by molar-refractivity contribution is 6.09. The maximum atomic E-state index is 12.2. The maximum Gasteiger partial charge on any atom is 0.357 e. The number of ketones is 1. The van der Waals surface area contributed by atoms with Crippen molar-refractivity contribution in [3.05, 3.63) is 17.7 Å². The number of Topliss-reactive ketones (excluding diaryl/α,β-unsaturated/α-hetero) is 1. The smallest absolute Gasteiger partial charge is 0.357 e. The van der Waals surface area contributed by atoms with Crippen LogP contribution in [0.4, 0.5) is 0 Å². The van der Waals surface area contributed by atoms with Crippen molar-refractivity contribution in [1.29, 1.82) is 0 Å². The predicted octanol–water partition coefficient (Wildman–Crippen LogP) is 1.14. The molecule has 0 fully saturated rings. The molecular weight excluding hydrogens is 264 g/mol. The monoisotopic (exact) mass is 280 g/mol. The number of methoxy groups -OCH3 is 3. The van der Waals surface area contributed by atoms with Crippen molar-refractivity contribution in [3.8, 4) is 17.2 Å². The van der Waals surface area contributed by atoms with E-state index in [0.717, 1.165) is 0 Å². The highest BCUT2D eigenvalue weighted by Crippen LogP contribution is 2.43. The number of carbonyl (C=O) groups is 2. The van der Waals surface area contributed by atoms with Crippen molar-refractivity contribution in [2.24, 2.45) is 0 Å². The number of benzene rings is 1. The molecule has 1 unspecified atom stereocenters. The van der Waals surface area contributed by atoms with E-state index in [2.05, 4.69) is 4.74 Å². The van der Waals surface area contributed by atoms with Crippen LogP contribution >= 0.6 is 0 Å². The summed E-state index contributed by atoms with van der Waals surface area (Å²) in [6.45, 7) is 1.39. The topological polar surface area (TPSA) is 71.1 Å². The molecule has 0 N–H and O–H groups in total. The third kappa shape index (κ3) is 1.97. The first-order valence-corrected chi connectivity index (χ1v) is 6.02. The molecule has 0 amide bonds. The Morgan fingerprint density at radius 2 is 1.80 bits per heavy atom. The minimum Gasteiger partial charge on any atom is -0.496 e. The van der Waals surface area contributed by atoms with Crippen LogP contribution in [0, 0.1) is 0 Å². The fourth-order valence-electron chi connectivity index (χ4n) is 2.16. The Balaban J connectivity index is 2.57. The third-order valence-electron chi connectivity index (χ3n) is 3.37.